The Kier molecular flexibility index (Phi) is 6.10. The highest BCUT2D eigenvalue weighted by atomic mass is 79.9. The van der Waals surface area contributed by atoms with Crippen molar-refractivity contribution in [2.45, 2.75) is 12.0 Å². The second kappa shape index (κ2) is 6.15. The zero-order valence-corrected chi connectivity index (χ0v) is 11.5. The molecule has 0 aromatic heterocycles. The third-order valence-corrected chi connectivity index (χ3v) is 3.45. The van der Waals surface area contributed by atoms with Gasteiger partial charge in [0.25, 0.3) is 5.92 Å². The third-order valence-electron chi connectivity index (χ3n) is 2.10. The van der Waals surface area contributed by atoms with E-state index >= 15 is 0 Å². The van der Waals surface area contributed by atoms with Crippen molar-refractivity contribution < 1.29 is 19.0 Å². The van der Waals surface area contributed by atoms with Crippen LogP contribution < -0.4 is 5.73 Å². The molecule has 0 radical (unpaired) electrons. The van der Waals surface area contributed by atoms with Crippen LogP contribution in [0.15, 0.2) is 16.6 Å². The lowest BCUT2D eigenvalue weighted by Gasteiger charge is -2.22. The largest absolute Gasteiger partial charge is 0.506 e. The van der Waals surface area contributed by atoms with Crippen molar-refractivity contribution in [3.05, 3.63) is 27.2 Å². The molecule has 0 heterocycles. The Hall–Kier alpha value is -0.140. The standard InChI is InChI=1S/C9H9BrClF2NO2.ClH/c10-6-5(11)2-1-4(7(6)16)8(14)9(12,13)3-15;/h1-2,8,15-16H,3,14H2;1H/t8-;/m1./s1. The second-order valence-corrected chi connectivity index (χ2v) is 4.40. The SMILES string of the molecule is Cl.N[C@H](c1ccc(Cl)c(Br)c1O)C(F)(F)CO. The molecule has 1 aromatic carbocycles. The Morgan fingerprint density at radius 2 is 2.00 bits per heavy atom. The number of benzene rings is 1. The fourth-order valence-corrected chi connectivity index (χ4v) is 1.65. The number of phenols is 1. The van der Waals surface area contributed by atoms with Gasteiger partial charge in [-0.3, -0.25) is 0 Å². The summed E-state index contributed by atoms with van der Waals surface area (Å²) in [5, 5.41) is 18.3. The van der Waals surface area contributed by atoms with Gasteiger partial charge in [-0.05, 0) is 22.0 Å². The second-order valence-electron chi connectivity index (χ2n) is 3.20. The van der Waals surface area contributed by atoms with Crippen molar-refractivity contribution in [3.8, 4) is 5.75 Å². The Balaban J connectivity index is 0.00000256. The predicted molar refractivity (Wildman–Crippen MR) is 67.0 cm³/mol. The average molecular weight is 353 g/mol. The summed E-state index contributed by atoms with van der Waals surface area (Å²) >= 11 is 8.60. The fourth-order valence-electron chi connectivity index (χ4n) is 1.13. The first-order valence-electron chi connectivity index (χ1n) is 4.22. The fraction of sp³-hybridized carbons (Fsp3) is 0.333. The molecule has 4 N–H and O–H groups in total. The molecule has 1 aromatic rings. The Labute approximate surface area is 116 Å². The van der Waals surface area contributed by atoms with Gasteiger partial charge < -0.3 is 15.9 Å². The molecule has 1 atom stereocenters. The summed E-state index contributed by atoms with van der Waals surface area (Å²) in [6.07, 6.45) is 0. The van der Waals surface area contributed by atoms with Crippen molar-refractivity contribution in [2.24, 2.45) is 5.73 Å². The van der Waals surface area contributed by atoms with Gasteiger partial charge in [0.15, 0.2) is 0 Å². The van der Waals surface area contributed by atoms with Gasteiger partial charge in [0.1, 0.15) is 18.4 Å². The van der Waals surface area contributed by atoms with Gasteiger partial charge in [-0.25, -0.2) is 8.78 Å². The highest BCUT2D eigenvalue weighted by molar-refractivity contribution is 9.10. The summed E-state index contributed by atoms with van der Waals surface area (Å²) in [6, 6.07) is 0.719. The molecule has 0 saturated heterocycles. The number of hydrogen-bond donors (Lipinski definition) is 3. The molecule has 0 aliphatic rings. The minimum Gasteiger partial charge on any atom is -0.506 e. The number of rotatable bonds is 3. The van der Waals surface area contributed by atoms with Gasteiger partial charge in [0, 0.05) is 5.56 Å². The quantitative estimate of drug-likeness (QED) is 0.783. The summed E-state index contributed by atoms with van der Waals surface area (Å²) in [4.78, 5) is 0. The lowest BCUT2D eigenvalue weighted by molar-refractivity contribution is -0.0716. The molecule has 0 spiro atoms. The molecule has 3 nitrogen and oxygen atoms in total. The summed E-state index contributed by atoms with van der Waals surface area (Å²) in [7, 11) is 0. The van der Waals surface area contributed by atoms with Crippen LogP contribution in [-0.2, 0) is 0 Å². The van der Waals surface area contributed by atoms with Crippen molar-refractivity contribution in [1.29, 1.82) is 0 Å². The van der Waals surface area contributed by atoms with Crippen molar-refractivity contribution in [3.63, 3.8) is 0 Å². The van der Waals surface area contributed by atoms with E-state index in [1.807, 2.05) is 0 Å². The summed E-state index contributed by atoms with van der Waals surface area (Å²) in [5.74, 6) is -3.96. The van der Waals surface area contributed by atoms with Crippen LogP contribution in [0.4, 0.5) is 8.78 Å². The Morgan fingerprint density at radius 3 is 2.47 bits per heavy atom. The highest BCUT2D eigenvalue weighted by Crippen LogP contribution is 2.40. The number of aliphatic hydroxyl groups is 1. The van der Waals surface area contributed by atoms with Crippen LogP contribution in [-0.4, -0.2) is 22.7 Å². The highest BCUT2D eigenvalue weighted by Gasteiger charge is 2.39. The van der Waals surface area contributed by atoms with Gasteiger partial charge in [-0.2, -0.15) is 0 Å². The number of halogens is 5. The molecule has 8 heteroatoms. The van der Waals surface area contributed by atoms with Crippen LogP contribution in [0.2, 0.25) is 5.02 Å². The zero-order chi connectivity index (χ0) is 12.5. The van der Waals surface area contributed by atoms with Crippen molar-refractivity contribution in [1.82, 2.24) is 0 Å². The minimum absolute atomic E-state index is 0. The molecule has 0 fully saturated rings. The van der Waals surface area contributed by atoms with Crippen LogP contribution in [0.1, 0.15) is 11.6 Å². The molecule has 17 heavy (non-hydrogen) atoms. The van der Waals surface area contributed by atoms with Crippen LogP contribution >= 0.6 is 39.9 Å². The normalized spacial score (nSPS) is 13.1. The molecule has 0 bridgehead atoms. The van der Waals surface area contributed by atoms with Gasteiger partial charge in [0.05, 0.1) is 9.50 Å². The summed E-state index contributed by atoms with van der Waals surface area (Å²) < 4.78 is 26.3. The smallest absolute Gasteiger partial charge is 0.289 e. The topological polar surface area (TPSA) is 66.5 Å². The lowest BCUT2D eigenvalue weighted by atomic mass is 10.0. The number of phenolic OH excluding ortho intramolecular Hbond substituents is 1. The van der Waals surface area contributed by atoms with E-state index in [0.29, 0.717) is 0 Å². The van der Waals surface area contributed by atoms with E-state index in [-0.39, 0.29) is 27.5 Å². The van der Waals surface area contributed by atoms with Gasteiger partial charge in [-0.1, -0.05) is 17.7 Å². The number of aromatic hydroxyl groups is 1. The molecule has 0 saturated carbocycles. The molecular weight excluding hydrogens is 343 g/mol. The maximum absolute atomic E-state index is 13.1. The van der Waals surface area contributed by atoms with E-state index in [0.717, 1.165) is 0 Å². The lowest BCUT2D eigenvalue weighted by Crippen LogP contribution is -2.36. The van der Waals surface area contributed by atoms with Gasteiger partial charge in [-0.15, -0.1) is 12.4 Å². The maximum atomic E-state index is 13.1. The number of alkyl halides is 2. The molecule has 0 unspecified atom stereocenters. The molecule has 98 valence electrons. The first kappa shape index (κ1) is 16.9. The van der Waals surface area contributed by atoms with E-state index in [2.05, 4.69) is 15.9 Å². The number of aliphatic hydroxyl groups excluding tert-OH is 1. The monoisotopic (exact) mass is 351 g/mol. The Morgan fingerprint density at radius 1 is 1.47 bits per heavy atom. The molecule has 0 amide bonds. The van der Waals surface area contributed by atoms with E-state index in [1.54, 1.807) is 0 Å². The van der Waals surface area contributed by atoms with Crippen molar-refractivity contribution >= 4 is 39.9 Å². The van der Waals surface area contributed by atoms with Crippen LogP contribution in [0.3, 0.4) is 0 Å². The predicted octanol–water partition coefficient (Wildman–Crippen LogP) is 2.86. The number of nitrogens with two attached hydrogens (primary N) is 1. The maximum Gasteiger partial charge on any atom is 0.289 e. The average Bonchev–Trinajstić information content (AvgIpc) is 2.25. The number of hydrogen-bond acceptors (Lipinski definition) is 3. The Bertz CT molecular complexity index is 407. The van der Waals surface area contributed by atoms with Gasteiger partial charge in [0.2, 0.25) is 0 Å². The first-order chi connectivity index (χ1) is 7.31. The molecule has 0 aliphatic heterocycles. The van der Waals surface area contributed by atoms with Crippen molar-refractivity contribution in [2.75, 3.05) is 6.61 Å². The van der Waals surface area contributed by atoms with E-state index in [4.69, 9.17) is 22.4 Å². The van der Waals surface area contributed by atoms with Gasteiger partial charge >= 0.3 is 0 Å². The summed E-state index contributed by atoms with van der Waals surface area (Å²) in [5.41, 5.74) is 5.08. The molecule has 1 rings (SSSR count). The van der Waals surface area contributed by atoms with Crippen LogP contribution in [0, 0.1) is 0 Å². The van der Waals surface area contributed by atoms with E-state index < -0.39 is 24.3 Å². The summed E-state index contributed by atoms with van der Waals surface area (Å²) in [6.45, 7) is -1.39. The minimum atomic E-state index is -3.51. The van der Waals surface area contributed by atoms with Crippen LogP contribution in [0.5, 0.6) is 5.75 Å². The third kappa shape index (κ3) is 3.42. The van der Waals surface area contributed by atoms with E-state index in [9.17, 15) is 13.9 Å². The van der Waals surface area contributed by atoms with E-state index in [1.165, 1.54) is 12.1 Å². The zero-order valence-electron chi connectivity index (χ0n) is 8.33. The molecular formula is C9H10BrCl2F2NO2. The molecule has 0 aliphatic carbocycles. The first-order valence-corrected chi connectivity index (χ1v) is 5.39. The van der Waals surface area contributed by atoms with Crippen LogP contribution in [0.25, 0.3) is 0 Å².